The quantitative estimate of drug-likeness (QED) is 0.635. The molecule has 0 bridgehead atoms. The minimum Gasteiger partial charge on any atom is -0.331 e. The van der Waals surface area contributed by atoms with E-state index in [1.165, 1.54) is 16.2 Å². The van der Waals surface area contributed by atoms with Crippen molar-refractivity contribution in [3.63, 3.8) is 0 Å². The summed E-state index contributed by atoms with van der Waals surface area (Å²) in [5.74, 6) is -0.541. The molecular weight excluding hydrogens is 394 g/mol. The minimum atomic E-state index is -0.296. The number of anilines is 1. The van der Waals surface area contributed by atoms with Gasteiger partial charge in [0.15, 0.2) is 0 Å². The van der Waals surface area contributed by atoms with Crippen LogP contribution in [0.1, 0.15) is 23.0 Å². The fourth-order valence-electron chi connectivity index (χ4n) is 2.72. The van der Waals surface area contributed by atoms with Crippen molar-refractivity contribution >= 4 is 40.4 Å². The van der Waals surface area contributed by atoms with Crippen molar-refractivity contribution in [1.29, 1.82) is 0 Å². The van der Waals surface area contributed by atoms with Gasteiger partial charge in [-0.3, -0.25) is 9.59 Å². The fraction of sp³-hybridized carbons (Fsp3) is 0.190. The normalized spacial score (nSPS) is 10.5. The van der Waals surface area contributed by atoms with E-state index in [1.807, 2.05) is 43.3 Å². The van der Waals surface area contributed by atoms with E-state index in [2.05, 4.69) is 10.3 Å². The summed E-state index contributed by atoms with van der Waals surface area (Å²) in [6, 6.07) is 14.9. The molecule has 0 aliphatic carbocycles. The number of likely N-dealkylation sites (N-methyl/N-ethyl adjacent to an activating group) is 1. The first-order chi connectivity index (χ1) is 13.5. The molecule has 0 aliphatic heterocycles. The number of amides is 2. The van der Waals surface area contributed by atoms with Crippen LogP contribution >= 0.6 is 22.9 Å². The molecule has 0 atom stereocenters. The maximum Gasteiger partial charge on any atom is 0.273 e. The molecule has 0 spiro atoms. The number of benzene rings is 2. The predicted octanol–water partition coefficient (Wildman–Crippen LogP) is 4.74. The molecule has 2 amide bonds. The molecule has 0 aliphatic rings. The molecule has 3 aromatic rings. The van der Waals surface area contributed by atoms with E-state index < -0.39 is 0 Å². The van der Waals surface area contributed by atoms with E-state index in [4.69, 9.17) is 11.6 Å². The summed E-state index contributed by atoms with van der Waals surface area (Å²) in [5, 5.41) is 5.95. The Morgan fingerprint density at radius 1 is 1.14 bits per heavy atom. The van der Waals surface area contributed by atoms with E-state index in [0.717, 1.165) is 28.2 Å². The first-order valence-corrected chi connectivity index (χ1v) is 10.1. The van der Waals surface area contributed by atoms with Crippen molar-refractivity contribution in [3.05, 3.63) is 70.2 Å². The Bertz CT molecular complexity index is 985. The highest BCUT2D eigenvalue weighted by Gasteiger charge is 2.19. The predicted molar refractivity (Wildman–Crippen MR) is 114 cm³/mol. The Hall–Kier alpha value is -2.70. The highest BCUT2D eigenvalue weighted by atomic mass is 35.5. The van der Waals surface area contributed by atoms with Gasteiger partial charge < -0.3 is 10.2 Å². The third kappa shape index (κ3) is 4.77. The molecule has 1 heterocycles. The van der Waals surface area contributed by atoms with Crippen LogP contribution in [0.25, 0.3) is 10.6 Å². The zero-order chi connectivity index (χ0) is 20.1. The smallest absolute Gasteiger partial charge is 0.273 e. The Morgan fingerprint density at radius 2 is 1.86 bits per heavy atom. The average molecular weight is 414 g/mol. The minimum absolute atomic E-state index is 0.0509. The lowest BCUT2D eigenvalue weighted by atomic mass is 10.1. The summed E-state index contributed by atoms with van der Waals surface area (Å²) >= 11 is 7.28. The number of carbonyl (C=O) groups excluding carboxylic acids is 2. The van der Waals surface area contributed by atoms with E-state index in [1.54, 1.807) is 24.6 Å². The monoisotopic (exact) mass is 413 g/mol. The topological polar surface area (TPSA) is 62.3 Å². The van der Waals surface area contributed by atoms with E-state index in [9.17, 15) is 9.59 Å². The van der Waals surface area contributed by atoms with Crippen LogP contribution in [0.3, 0.4) is 0 Å². The van der Waals surface area contributed by atoms with Gasteiger partial charge in [-0.25, -0.2) is 4.98 Å². The van der Waals surface area contributed by atoms with Gasteiger partial charge in [0.25, 0.3) is 5.91 Å². The Labute approximate surface area is 173 Å². The molecule has 0 saturated heterocycles. The third-order valence-electron chi connectivity index (χ3n) is 4.21. The number of aryl methyl sites for hydroxylation is 1. The maximum absolute atomic E-state index is 12.6. The van der Waals surface area contributed by atoms with E-state index >= 15 is 0 Å². The summed E-state index contributed by atoms with van der Waals surface area (Å²) in [6.45, 7) is 1.98. The zero-order valence-electron chi connectivity index (χ0n) is 15.6. The number of para-hydroxylation sites is 1. The Kier molecular flexibility index (Phi) is 6.44. The second kappa shape index (κ2) is 8.99. The number of halogens is 1. The summed E-state index contributed by atoms with van der Waals surface area (Å²) in [5.41, 5.74) is 3.04. The molecule has 0 radical (unpaired) electrons. The third-order valence-corrected chi connectivity index (χ3v) is 5.36. The van der Waals surface area contributed by atoms with Crippen molar-refractivity contribution in [2.45, 2.75) is 13.3 Å². The lowest BCUT2D eigenvalue weighted by Crippen LogP contribution is -2.35. The molecule has 7 heteroatoms. The van der Waals surface area contributed by atoms with E-state index in [-0.39, 0.29) is 18.4 Å². The van der Waals surface area contributed by atoms with Crippen molar-refractivity contribution in [3.8, 4) is 10.6 Å². The van der Waals surface area contributed by atoms with Crippen LogP contribution < -0.4 is 5.32 Å². The van der Waals surface area contributed by atoms with Crippen LogP contribution in [0.5, 0.6) is 0 Å². The number of thiazole rings is 1. The molecule has 0 saturated carbocycles. The molecular formula is C21H20ClN3O2S. The van der Waals surface area contributed by atoms with Gasteiger partial charge in [-0.1, -0.05) is 48.9 Å². The lowest BCUT2D eigenvalue weighted by Gasteiger charge is -2.16. The average Bonchev–Trinajstić information content (AvgIpc) is 3.18. The number of carbonyl (C=O) groups is 2. The summed E-state index contributed by atoms with van der Waals surface area (Å²) in [4.78, 5) is 30.7. The number of nitrogens with one attached hydrogen (secondary N) is 1. The second-order valence-corrected chi connectivity index (χ2v) is 7.56. The van der Waals surface area contributed by atoms with Crippen molar-refractivity contribution < 1.29 is 9.59 Å². The lowest BCUT2D eigenvalue weighted by molar-refractivity contribution is -0.116. The SMILES string of the molecule is CCc1ccccc1NC(=O)CN(C)C(=O)c1csc(-c2ccc(Cl)cc2)n1. The van der Waals surface area contributed by atoms with Gasteiger partial charge in [-0.15, -0.1) is 11.3 Å². The maximum atomic E-state index is 12.6. The molecule has 1 aromatic heterocycles. The Balaban J connectivity index is 1.64. The Morgan fingerprint density at radius 3 is 2.57 bits per heavy atom. The molecule has 144 valence electrons. The van der Waals surface area contributed by atoms with Crippen molar-refractivity contribution in [2.75, 3.05) is 18.9 Å². The summed E-state index contributed by atoms with van der Waals surface area (Å²) < 4.78 is 0. The molecule has 0 fully saturated rings. The summed E-state index contributed by atoms with van der Waals surface area (Å²) in [7, 11) is 1.59. The van der Waals surface area contributed by atoms with Gasteiger partial charge in [0.1, 0.15) is 10.7 Å². The first kappa shape index (κ1) is 20.0. The molecule has 1 N–H and O–H groups in total. The molecule has 2 aromatic carbocycles. The number of aromatic nitrogens is 1. The van der Waals surface area contributed by atoms with Crippen LogP contribution in [0.4, 0.5) is 5.69 Å². The van der Waals surface area contributed by atoms with Crippen molar-refractivity contribution in [1.82, 2.24) is 9.88 Å². The first-order valence-electron chi connectivity index (χ1n) is 8.82. The van der Waals surface area contributed by atoms with Gasteiger partial charge in [0.05, 0.1) is 6.54 Å². The standard InChI is InChI=1S/C21H20ClN3O2S/c1-3-14-6-4-5-7-17(14)23-19(26)12-25(2)21(27)18-13-28-20(24-18)15-8-10-16(22)11-9-15/h4-11,13H,3,12H2,1-2H3,(H,23,26). The molecule has 28 heavy (non-hydrogen) atoms. The van der Waals surface area contributed by atoms with Crippen LogP contribution in [0.2, 0.25) is 5.02 Å². The second-order valence-electron chi connectivity index (χ2n) is 6.26. The van der Waals surface area contributed by atoms with Crippen molar-refractivity contribution in [2.24, 2.45) is 0 Å². The highest BCUT2D eigenvalue weighted by molar-refractivity contribution is 7.13. The highest BCUT2D eigenvalue weighted by Crippen LogP contribution is 2.25. The fourth-order valence-corrected chi connectivity index (χ4v) is 3.65. The number of hydrogen-bond acceptors (Lipinski definition) is 4. The van der Waals surface area contributed by atoms with E-state index in [0.29, 0.717) is 10.7 Å². The summed E-state index contributed by atoms with van der Waals surface area (Å²) in [6.07, 6.45) is 0.817. The number of rotatable bonds is 6. The van der Waals surface area contributed by atoms with Gasteiger partial charge in [-0.05, 0) is 30.2 Å². The molecule has 3 rings (SSSR count). The molecule has 5 nitrogen and oxygen atoms in total. The van der Waals surface area contributed by atoms with Gasteiger partial charge in [-0.2, -0.15) is 0 Å². The van der Waals surface area contributed by atoms with Crippen LogP contribution in [-0.2, 0) is 11.2 Å². The van der Waals surface area contributed by atoms with Gasteiger partial charge >= 0.3 is 0 Å². The number of hydrogen-bond donors (Lipinski definition) is 1. The van der Waals surface area contributed by atoms with Gasteiger partial charge in [0, 0.05) is 28.7 Å². The largest absolute Gasteiger partial charge is 0.331 e. The number of nitrogens with zero attached hydrogens (tertiary/aromatic N) is 2. The van der Waals surface area contributed by atoms with Crippen LogP contribution in [0, 0.1) is 0 Å². The van der Waals surface area contributed by atoms with Crippen LogP contribution in [0.15, 0.2) is 53.9 Å². The van der Waals surface area contributed by atoms with Gasteiger partial charge in [0.2, 0.25) is 5.91 Å². The molecule has 0 unspecified atom stereocenters. The zero-order valence-corrected chi connectivity index (χ0v) is 17.2. The van der Waals surface area contributed by atoms with Crippen LogP contribution in [-0.4, -0.2) is 35.3 Å².